The first-order chi connectivity index (χ1) is 14.2. The highest BCUT2D eigenvalue weighted by Gasteiger charge is 2.20. The molecule has 7 heteroatoms. The van der Waals surface area contributed by atoms with Crippen LogP contribution in [0.5, 0.6) is 0 Å². The summed E-state index contributed by atoms with van der Waals surface area (Å²) in [6.45, 7) is 2.72. The fraction of sp³-hybridized carbons (Fsp3) is 0.409. The van der Waals surface area contributed by atoms with Gasteiger partial charge in [-0.25, -0.2) is 4.98 Å². The Bertz CT molecular complexity index is 815. The topological polar surface area (TPSA) is 81.6 Å². The average molecular weight is 395 g/mol. The summed E-state index contributed by atoms with van der Waals surface area (Å²) >= 11 is 0. The number of nitrogens with zero attached hydrogens (tertiary/aromatic N) is 3. The standard InChI is InChI=1S/C22H30N6O/c1-23-21(29)18-7-5-6-17(16-18)9-13-26-22(24-2)27-19-10-14-28(15-11-19)20-8-3-4-12-25-20/h3-8,12,16,19H,9-11,13-15H2,1-2H3,(H,23,29)(H2,24,26,27). The Labute approximate surface area is 172 Å². The molecule has 0 unspecified atom stereocenters. The van der Waals surface area contributed by atoms with E-state index >= 15 is 0 Å². The molecule has 0 radical (unpaired) electrons. The number of piperidine rings is 1. The van der Waals surface area contributed by atoms with Gasteiger partial charge in [-0.05, 0) is 49.1 Å². The first-order valence-corrected chi connectivity index (χ1v) is 10.1. The Morgan fingerprint density at radius 1 is 1.21 bits per heavy atom. The molecule has 154 valence electrons. The first kappa shape index (κ1) is 20.6. The average Bonchev–Trinajstić information content (AvgIpc) is 2.79. The largest absolute Gasteiger partial charge is 0.356 e. The maximum absolute atomic E-state index is 11.8. The molecule has 0 aliphatic carbocycles. The lowest BCUT2D eigenvalue weighted by molar-refractivity contribution is 0.0963. The van der Waals surface area contributed by atoms with Crippen LogP contribution in [0, 0.1) is 0 Å². The molecule has 1 amide bonds. The SMILES string of the molecule is CN=C(NCCc1cccc(C(=O)NC)c1)NC1CCN(c2ccccn2)CC1. The van der Waals surface area contributed by atoms with E-state index in [1.807, 2.05) is 42.6 Å². The first-order valence-electron chi connectivity index (χ1n) is 10.1. The van der Waals surface area contributed by atoms with Crippen LogP contribution in [-0.4, -0.2) is 56.6 Å². The molecule has 2 heterocycles. The monoisotopic (exact) mass is 394 g/mol. The van der Waals surface area contributed by atoms with E-state index < -0.39 is 0 Å². The van der Waals surface area contributed by atoms with Crippen LogP contribution in [0.3, 0.4) is 0 Å². The summed E-state index contributed by atoms with van der Waals surface area (Å²) < 4.78 is 0. The van der Waals surface area contributed by atoms with Gasteiger partial charge >= 0.3 is 0 Å². The van der Waals surface area contributed by atoms with E-state index in [1.54, 1.807) is 14.1 Å². The molecule has 29 heavy (non-hydrogen) atoms. The van der Waals surface area contributed by atoms with Gasteiger partial charge in [-0.2, -0.15) is 0 Å². The maximum atomic E-state index is 11.8. The quantitative estimate of drug-likeness (QED) is 0.514. The minimum Gasteiger partial charge on any atom is -0.356 e. The van der Waals surface area contributed by atoms with E-state index in [9.17, 15) is 4.79 Å². The number of amides is 1. The number of guanidine groups is 1. The second-order valence-electron chi connectivity index (χ2n) is 7.12. The molecule has 1 aliphatic heterocycles. The zero-order valence-electron chi connectivity index (χ0n) is 17.2. The number of rotatable bonds is 6. The van der Waals surface area contributed by atoms with Gasteiger partial charge in [0.2, 0.25) is 0 Å². The van der Waals surface area contributed by atoms with Crippen molar-refractivity contribution < 1.29 is 4.79 Å². The van der Waals surface area contributed by atoms with E-state index in [4.69, 9.17) is 0 Å². The minimum absolute atomic E-state index is 0.0608. The molecule has 3 N–H and O–H groups in total. The highest BCUT2D eigenvalue weighted by Crippen LogP contribution is 2.17. The summed E-state index contributed by atoms with van der Waals surface area (Å²) in [7, 11) is 3.44. The molecule has 3 rings (SSSR count). The number of pyridine rings is 1. The predicted molar refractivity (Wildman–Crippen MR) is 118 cm³/mol. The van der Waals surface area contributed by atoms with Crippen molar-refractivity contribution in [1.82, 2.24) is 20.9 Å². The van der Waals surface area contributed by atoms with Gasteiger partial charge in [0.25, 0.3) is 5.91 Å². The fourth-order valence-electron chi connectivity index (χ4n) is 3.52. The van der Waals surface area contributed by atoms with Crippen LogP contribution in [0.2, 0.25) is 0 Å². The van der Waals surface area contributed by atoms with Crippen LogP contribution in [-0.2, 0) is 6.42 Å². The van der Waals surface area contributed by atoms with Crippen molar-refractivity contribution in [3.63, 3.8) is 0 Å². The lowest BCUT2D eigenvalue weighted by atomic mass is 10.1. The van der Waals surface area contributed by atoms with E-state index in [0.717, 1.165) is 56.2 Å². The fourth-order valence-corrected chi connectivity index (χ4v) is 3.52. The Hall–Kier alpha value is -3.09. The smallest absolute Gasteiger partial charge is 0.251 e. The summed E-state index contributed by atoms with van der Waals surface area (Å²) in [5, 5.41) is 9.57. The molecule has 1 aliphatic rings. The molecule has 1 saturated heterocycles. The molecule has 1 aromatic carbocycles. The molecular formula is C22H30N6O. The van der Waals surface area contributed by atoms with Crippen LogP contribution in [0.4, 0.5) is 5.82 Å². The number of aliphatic imine (C=N–C) groups is 1. The van der Waals surface area contributed by atoms with E-state index in [-0.39, 0.29) is 5.91 Å². The number of benzene rings is 1. The molecule has 0 saturated carbocycles. The number of carbonyl (C=O) groups is 1. The third-order valence-electron chi connectivity index (χ3n) is 5.16. The van der Waals surface area contributed by atoms with Crippen molar-refractivity contribution >= 4 is 17.7 Å². The zero-order chi connectivity index (χ0) is 20.5. The molecule has 0 atom stereocenters. The number of nitrogens with one attached hydrogen (secondary N) is 3. The zero-order valence-corrected chi connectivity index (χ0v) is 17.2. The third kappa shape index (κ3) is 5.94. The highest BCUT2D eigenvalue weighted by atomic mass is 16.1. The van der Waals surface area contributed by atoms with Crippen molar-refractivity contribution in [3.8, 4) is 0 Å². The molecular weight excluding hydrogens is 364 g/mol. The molecule has 7 nitrogen and oxygen atoms in total. The number of hydrogen-bond acceptors (Lipinski definition) is 4. The van der Waals surface area contributed by atoms with Gasteiger partial charge in [-0.1, -0.05) is 18.2 Å². The van der Waals surface area contributed by atoms with Gasteiger partial charge in [0.1, 0.15) is 5.82 Å². The number of carbonyl (C=O) groups excluding carboxylic acids is 1. The van der Waals surface area contributed by atoms with Crippen LogP contribution in [0.25, 0.3) is 0 Å². The van der Waals surface area contributed by atoms with Gasteiger partial charge in [-0.3, -0.25) is 9.79 Å². The molecule has 0 spiro atoms. The summed E-state index contributed by atoms with van der Waals surface area (Å²) in [6.07, 6.45) is 4.76. The van der Waals surface area contributed by atoms with Gasteiger partial charge < -0.3 is 20.9 Å². The van der Waals surface area contributed by atoms with Crippen molar-refractivity contribution in [2.45, 2.75) is 25.3 Å². The summed E-state index contributed by atoms with van der Waals surface area (Å²) in [6, 6.07) is 14.2. The third-order valence-corrected chi connectivity index (χ3v) is 5.16. The summed E-state index contributed by atoms with van der Waals surface area (Å²) in [5.41, 5.74) is 1.81. The lowest BCUT2D eigenvalue weighted by Crippen LogP contribution is -2.49. The Kier molecular flexibility index (Phi) is 7.44. The van der Waals surface area contributed by atoms with Gasteiger partial charge in [0.05, 0.1) is 0 Å². The maximum Gasteiger partial charge on any atom is 0.251 e. The van der Waals surface area contributed by atoms with Crippen LogP contribution in [0.1, 0.15) is 28.8 Å². The highest BCUT2D eigenvalue weighted by molar-refractivity contribution is 5.94. The van der Waals surface area contributed by atoms with Crippen molar-refractivity contribution in [3.05, 3.63) is 59.8 Å². The molecule has 0 bridgehead atoms. The molecule has 1 fully saturated rings. The van der Waals surface area contributed by atoms with Crippen LogP contribution >= 0.6 is 0 Å². The van der Waals surface area contributed by atoms with Crippen LogP contribution < -0.4 is 20.9 Å². The summed E-state index contributed by atoms with van der Waals surface area (Å²) in [4.78, 5) is 22.9. The Morgan fingerprint density at radius 3 is 2.72 bits per heavy atom. The van der Waals surface area contributed by atoms with E-state index in [1.165, 1.54) is 0 Å². The van der Waals surface area contributed by atoms with Crippen molar-refractivity contribution in [1.29, 1.82) is 0 Å². The minimum atomic E-state index is -0.0608. The van der Waals surface area contributed by atoms with Crippen molar-refractivity contribution in [2.24, 2.45) is 4.99 Å². The Balaban J connectivity index is 1.43. The lowest BCUT2D eigenvalue weighted by Gasteiger charge is -2.33. The van der Waals surface area contributed by atoms with Gasteiger partial charge in [0.15, 0.2) is 5.96 Å². The molecule has 1 aromatic heterocycles. The predicted octanol–water partition coefficient (Wildman–Crippen LogP) is 1.82. The number of aromatic nitrogens is 1. The number of hydrogen-bond donors (Lipinski definition) is 3. The van der Waals surface area contributed by atoms with Gasteiger partial charge in [0, 0.05) is 51.5 Å². The summed E-state index contributed by atoms with van der Waals surface area (Å²) in [5.74, 6) is 1.81. The number of anilines is 1. The second kappa shape index (κ2) is 10.5. The molecule has 2 aromatic rings. The second-order valence-corrected chi connectivity index (χ2v) is 7.12. The normalized spacial score (nSPS) is 15.1. The van der Waals surface area contributed by atoms with E-state index in [0.29, 0.717) is 11.6 Å². The van der Waals surface area contributed by atoms with Gasteiger partial charge in [-0.15, -0.1) is 0 Å². The van der Waals surface area contributed by atoms with Crippen molar-refractivity contribution in [2.75, 3.05) is 38.6 Å². The van der Waals surface area contributed by atoms with Crippen LogP contribution in [0.15, 0.2) is 53.7 Å². The van der Waals surface area contributed by atoms with E-state index in [2.05, 4.69) is 36.9 Å². The Morgan fingerprint density at radius 2 is 2.03 bits per heavy atom.